The Morgan fingerprint density at radius 1 is 1.19 bits per heavy atom. The predicted octanol–water partition coefficient (Wildman–Crippen LogP) is 2.68. The highest BCUT2D eigenvalue weighted by Gasteiger charge is 2.25. The minimum absolute atomic E-state index is 0.103. The van der Waals surface area contributed by atoms with Gasteiger partial charge in [-0.3, -0.25) is 4.79 Å². The number of carbonyl (C=O) groups is 2. The van der Waals surface area contributed by atoms with Crippen LogP contribution in [-0.4, -0.2) is 30.2 Å². The summed E-state index contributed by atoms with van der Waals surface area (Å²) in [6, 6.07) is -0.103. The van der Waals surface area contributed by atoms with Crippen molar-refractivity contribution in [3.8, 4) is 0 Å². The van der Waals surface area contributed by atoms with Gasteiger partial charge in [0.25, 0.3) is 0 Å². The van der Waals surface area contributed by atoms with Crippen LogP contribution in [0.3, 0.4) is 0 Å². The van der Waals surface area contributed by atoms with E-state index in [2.05, 4.69) is 16.7 Å². The highest BCUT2D eigenvalue weighted by Crippen LogP contribution is 2.28. The maximum Gasteiger partial charge on any atom is 0.314 e. The standard InChI is InChI=1S/C16H26N2O3/c19-15(20)14-7-5-13(6-8-14)11-18-16(21)17-10-9-12-3-1-2-4-12/h3,13-14H,1-2,4-11H2,(H,19,20)(H2,17,18,21). The molecule has 0 aliphatic heterocycles. The quantitative estimate of drug-likeness (QED) is 0.659. The van der Waals surface area contributed by atoms with E-state index in [4.69, 9.17) is 5.11 Å². The smallest absolute Gasteiger partial charge is 0.314 e. The zero-order chi connectivity index (χ0) is 15.1. The van der Waals surface area contributed by atoms with Crippen molar-refractivity contribution in [2.45, 2.75) is 51.4 Å². The Morgan fingerprint density at radius 3 is 2.57 bits per heavy atom. The monoisotopic (exact) mass is 294 g/mol. The molecule has 0 saturated heterocycles. The Bertz CT molecular complexity index is 398. The Hall–Kier alpha value is -1.52. The average Bonchev–Trinajstić information content (AvgIpc) is 2.99. The molecular weight excluding hydrogens is 268 g/mol. The maximum absolute atomic E-state index is 11.7. The lowest BCUT2D eigenvalue weighted by molar-refractivity contribution is -0.143. The van der Waals surface area contributed by atoms with Gasteiger partial charge in [-0.25, -0.2) is 4.79 Å². The minimum atomic E-state index is -0.680. The molecule has 1 fully saturated rings. The van der Waals surface area contributed by atoms with Crippen LogP contribution in [0.15, 0.2) is 11.6 Å². The molecular formula is C16H26N2O3. The van der Waals surface area contributed by atoms with E-state index in [-0.39, 0.29) is 11.9 Å². The van der Waals surface area contributed by atoms with Gasteiger partial charge in [0.1, 0.15) is 0 Å². The van der Waals surface area contributed by atoms with E-state index in [0.29, 0.717) is 19.0 Å². The van der Waals surface area contributed by atoms with Crippen molar-refractivity contribution < 1.29 is 14.7 Å². The van der Waals surface area contributed by atoms with Crippen molar-refractivity contribution in [1.29, 1.82) is 0 Å². The van der Waals surface area contributed by atoms with Crippen LogP contribution in [-0.2, 0) is 4.79 Å². The summed E-state index contributed by atoms with van der Waals surface area (Å²) < 4.78 is 0. The number of urea groups is 1. The number of rotatable bonds is 6. The van der Waals surface area contributed by atoms with Gasteiger partial charge < -0.3 is 15.7 Å². The molecule has 0 bridgehead atoms. The van der Waals surface area contributed by atoms with E-state index >= 15 is 0 Å². The van der Waals surface area contributed by atoms with Crippen molar-refractivity contribution in [2.75, 3.05) is 13.1 Å². The van der Waals surface area contributed by atoms with Crippen LogP contribution in [0, 0.1) is 11.8 Å². The SMILES string of the molecule is O=C(NCCC1=CCCC1)NCC1CCC(C(=O)O)CC1. The van der Waals surface area contributed by atoms with Crippen LogP contribution >= 0.6 is 0 Å². The molecule has 0 heterocycles. The van der Waals surface area contributed by atoms with E-state index < -0.39 is 5.97 Å². The lowest BCUT2D eigenvalue weighted by Crippen LogP contribution is -2.39. The summed E-state index contributed by atoms with van der Waals surface area (Å²) in [5.74, 6) is -0.445. The highest BCUT2D eigenvalue weighted by atomic mass is 16.4. The van der Waals surface area contributed by atoms with Gasteiger partial charge in [-0.15, -0.1) is 0 Å². The molecule has 3 N–H and O–H groups in total. The van der Waals surface area contributed by atoms with Crippen molar-refractivity contribution in [3.63, 3.8) is 0 Å². The molecule has 118 valence electrons. The lowest BCUT2D eigenvalue weighted by atomic mass is 9.82. The molecule has 2 amide bonds. The second kappa shape index (κ2) is 8.05. The molecule has 21 heavy (non-hydrogen) atoms. The molecule has 5 heteroatoms. The number of carbonyl (C=O) groups excluding carboxylic acids is 1. The molecule has 5 nitrogen and oxygen atoms in total. The third kappa shape index (κ3) is 5.40. The molecule has 2 aliphatic rings. The first-order valence-corrected chi connectivity index (χ1v) is 8.07. The first-order valence-electron chi connectivity index (χ1n) is 8.07. The molecule has 1 saturated carbocycles. The van der Waals surface area contributed by atoms with Gasteiger partial charge >= 0.3 is 12.0 Å². The molecule has 2 rings (SSSR count). The Kier molecular flexibility index (Phi) is 6.08. The van der Waals surface area contributed by atoms with Gasteiger partial charge in [0.2, 0.25) is 0 Å². The summed E-state index contributed by atoms with van der Waals surface area (Å²) in [5.41, 5.74) is 1.46. The fraction of sp³-hybridized carbons (Fsp3) is 0.750. The minimum Gasteiger partial charge on any atom is -0.481 e. The number of nitrogens with one attached hydrogen (secondary N) is 2. The van der Waals surface area contributed by atoms with Gasteiger partial charge in [-0.1, -0.05) is 11.6 Å². The summed E-state index contributed by atoms with van der Waals surface area (Å²) in [7, 11) is 0. The van der Waals surface area contributed by atoms with Crippen molar-refractivity contribution in [3.05, 3.63) is 11.6 Å². The number of amides is 2. The number of hydrogen-bond acceptors (Lipinski definition) is 2. The summed E-state index contributed by atoms with van der Waals surface area (Å²) in [6.07, 6.45) is 10.1. The summed E-state index contributed by atoms with van der Waals surface area (Å²) in [6.45, 7) is 1.35. The molecule has 0 aromatic carbocycles. The largest absolute Gasteiger partial charge is 0.481 e. The van der Waals surface area contributed by atoms with Crippen LogP contribution in [0.2, 0.25) is 0 Å². The van der Waals surface area contributed by atoms with E-state index in [1.165, 1.54) is 24.8 Å². The van der Waals surface area contributed by atoms with Gasteiger partial charge in [0, 0.05) is 13.1 Å². The molecule has 2 aliphatic carbocycles. The van der Waals surface area contributed by atoms with E-state index in [1.54, 1.807) is 0 Å². The molecule has 0 atom stereocenters. The highest BCUT2D eigenvalue weighted by molar-refractivity contribution is 5.73. The number of aliphatic carboxylic acids is 1. The van der Waals surface area contributed by atoms with Crippen molar-refractivity contribution in [1.82, 2.24) is 10.6 Å². The van der Waals surface area contributed by atoms with E-state index in [0.717, 1.165) is 32.1 Å². The van der Waals surface area contributed by atoms with E-state index in [1.807, 2.05) is 0 Å². The second-order valence-electron chi connectivity index (χ2n) is 6.20. The number of carboxylic acid groups (broad SMARTS) is 1. The van der Waals surface area contributed by atoms with Crippen molar-refractivity contribution >= 4 is 12.0 Å². The Balaban J connectivity index is 1.54. The van der Waals surface area contributed by atoms with Crippen LogP contribution in [0.4, 0.5) is 4.79 Å². The van der Waals surface area contributed by atoms with Crippen LogP contribution in [0.25, 0.3) is 0 Å². The predicted molar refractivity (Wildman–Crippen MR) is 81.0 cm³/mol. The first-order chi connectivity index (χ1) is 10.1. The Labute approximate surface area is 126 Å². The van der Waals surface area contributed by atoms with Gasteiger partial charge in [0.15, 0.2) is 0 Å². The zero-order valence-corrected chi connectivity index (χ0v) is 12.6. The maximum atomic E-state index is 11.7. The number of allylic oxidation sites excluding steroid dienone is 1. The molecule has 0 aromatic heterocycles. The van der Waals surface area contributed by atoms with Crippen molar-refractivity contribution in [2.24, 2.45) is 11.8 Å². The van der Waals surface area contributed by atoms with Crippen LogP contribution < -0.4 is 10.6 Å². The fourth-order valence-corrected chi connectivity index (χ4v) is 3.21. The van der Waals surface area contributed by atoms with Gasteiger partial charge in [0.05, 0.1) is 5.92 Å². The van der Waals surface area contributed by atoms with E-state index in [9.17, 15) is 9.59 Å². The normalized spacial score (nSPS) is 25.2. The topological polar surface area (TPSA) is 78.4 Å². The fourth-order valence-electron chi connectivity index (χ4n) is 3.21. The molecule has 0 aromatic rings. The third-order valence-electron chi connectivity index (χ3n) is 4.61. The molecule has 0 spiro atoms. The second-order valence-corrected chi connectivity index (χ2v) is 6.20. The molecule has 0 unspecified atom stereocenters. The van der Waals surface area contributed by atoms with Gasteiger partial charge in [-0.2, -0.15) is 0 Å². The average molecular weight is 294 g/mol. The van der Waals surface area contributed by atoms with Crippen LogP contribution in [0.5, 0.6) is 0 Å². The van der Waals surface area contributed by atoms with Gasteiger partial charge in [-0.05, 0) is 57.3 Å². The summed E-state index contributed by atoms with van der Waals surface area (Å²) >= 11 is 0. The number of carboxylic acids is 1. The summed E-state index contributed by atoms with van der Waals surface area (Å²) in [5, 5.41) is 14.7. The zero-order valence-electron chi connectivity index (χ0n) is 12.6. The number of hydrogen-bond donors (Lipinski definition) is 3. The summed E-state index contributed by atoms with van der Waals surface area (Å²) in [4.78, 5) is 22.6. The Morgan fingerprint density at radius 2 is 1.95 bits per heavy atom. The lowest BCUT2D eigenvalue weighted by Gasteiger charge is -2.26. The molecule has 0 radical (unpaired) electrons. The van der Waals surface area contributed by atoms with Crippen LogP contribution in [0.1, 0.15) is 51.4 Å². The third-order valence-corrected chi connectivity index (χ3v) is 4.61. The first kappa shape index (κ1) is 15.9.